The van der Waals surface area contributed by atoms with Crippen LogP contribution < -0.4 is 5.32 Å². The van der Waals surface area contributed by atoms with E-state index in [2.05, 4.69) is 33.0 Å². The summed E-state index contributed by atoms with van der Waals surface area (Å²) in [6.45, 7) is 11.6. The first-order valence-electron chi connectivity index (χ1n) is 10.2. The van der Waals surface area contributed by atoms with Crippen LogP contribution >= 0.6 is 0 Å². The Morgan fingerprint density at radius 1 is 0.636 bits per heavy atom. The molecule has 0 spiro atoms. The van der Waals surface area contributed by atoms with E-state index in [0.29, 0.717) is 0 Å². The van der Waals surface area contributed by atoms with Crippen molar-refractivity contribution in [2.24, 2.45) is 0 Å². The van der Waals surface area contributed by atoms with E-state index in [-0.39, 0.29) is 5.54 Å². The molecule has 0 rings (SSSR count). The van der Waals surface area contributed by atoms with Crippen LogP contribution in [0, 0.1) is 6.92 Å². The predicted octanol–water partition coefficient (Wildman–Crippen LogP) is 7.06. The molecule has 22 heavy (non-hydrogen) atoms. The van der Waals surface area contributed by atoms with Crippen molar-refractivity contribution in [1.29, 1.82) is 0 Å². The Kier molecular flexibility index (Phi) is 15.8. The van der Waals surface area contributed by atoms with E-state index in [9.17, 15) is 0 Å². The molecule has 0 atom stereocenters. The first-order chi connectivity index (χ1) is 10.6. The lowest BCUT2D eigenvalue weighted by molar-refractivity contribution is 0.360. The van der Waals surface area contributed by atoms with E-state index < -0.39 is 0 Å². The average Bonchev–Trinajstić information content (AvgIpc) is 2.47. The van der Waals surface area contributed by atoms with Gasteiger partial charge in [0.1, 0.15) is 0 Å². The van der Waals surface area contributed by atoms with Crippen molar-refractivity contribution in [2.45, 2.75) is 123 Å². The third kappa shape index (κ3) is 16.3. The monoisotopic (exact) mass is 310 g/mol. The molecule has 0 aliphatic heterocycles. The van der Waals surface area contributed by atoms with Crippen molar-refractivity contribution in [2.75, 3.05) is 6.54 Å². The van der Waals surface area contributed by atoms with Gasteiger partial charge in [-0.15, -0.1) is 0 Å². The van der Waals surface area contributed by atoms with Gasteiger partial charge in [0.15, 0.2) is 0 Å². The van der Waals surface area contributed by atoms with Crippen LogP contribution in [0.1, 0.15) is 117 Å². The van der Waals surface area contributed by atoms with Gasteiger partial charge in [-0.3, -0.25) is 0 Å². The molecule has 0 aromatic heterocycles. The molecule has 1 N–H and O–H groups in total. The van der Waals surface area contributed by atoms with Gasteiger partial charge in [-0.05, 0) is 33.7 Å². The van der Waals surface area contributed by atoms with Crippen LogP contribution in [0.4, 0.5) is 0 Å². The lowest BCUT2D eigenvalue weighted by Crippen LogP contribution is -2.38. The second kappa shape index (κ2) is 15.8. The van der Waals surface area contributed by atoms with Crippen LogP contribution in [-0.2, 0) is 0 Å². The van der Waals surface area contributed by atoms with E-state index >= 15 is 0 Å². The summed E-state index contributed by atoms with van der Waals surface area (Å²) in [5, 5.41) is 3.46. The third-order valence-corrected chi connectivity index (χ3v) is 4.76. The second-order valence-electron chi connectivity index (χ2n) is 7.66. The van der Waals surface area contributed by atoms with Gasteiger partial charge in [0.25, 0.3) is 0 Å². The molecule has 0 aromatic carbocycles. The second-order valence-corrected chi connectivity index (χ2v) is 7.66. The zero-order valence-electron chi connectivity index (χ0n) is 16.0. The first kappa shape index (κ1) is 22.0. The van der Waals surface area contributed by atoms with Gasteiger partial charge in [0, 0.05) is 5.54 Å². The Hall–Kier alpha value is -0.0400. The van der Waals surface area contributed by atoms with Gasteiger partial charge < -0.3 is 5.32 Å². The maximum absolute atomic E-state index is 3.88. The van der Waals surface area contributed by atoms with E-state index in [4.69, 9.17) is 0 Å². The van der Waals surface area contributed by atoms with Crippen molar-refractivity contribution in [3.05, 3.63) is 6.92 Å². The number of hydrogen-bond donors (Lipinski definition) is 1. The molecule has 0 aliphatic carbocycles. The van der Waals surface area contributed by atoms with Crippen LogP contribution in [0.25, 0.3) is 0 Å². The van der Waals surface area contributed by atoms with E-state index in [1.807, 2.05) is 0 Å². The topological polar surface area (TPSA) is 12.0 Å². The van der Waals surface area contributed by atoms with Crippen molar-refractivity contribution >= 4 is 0 Å². The van der Waals surface area contributed by atoms with Gasteiger partial charge in [-0.25, -0.2) is 0 Å². The van der Waals surface area contributed by atoms with E-state index in [0.717, 1.165) is 6.54 Å². The summed E-state index contributed by atoms with van der Waals surface area (Å²) in [7, 11) is 0. The van der Waals surface area contributed by atoms with Crippen molar-refractivity contribution in [3.8, 4) is 0 Å². The Morgan fingerprint density at radius 3 is 1.36 bits per heavy atom. The maximum atomic E-state index is 3.88. The zero-order chi connectivity index (χ0) is 16.5. The number of unbranched alkanes of at least 4 members (excludes halogenated alkanes) is 13. The lowest BCUT2D eigenvalue weighted by Gasteiger charge is -2.25. The largest absolute Gasteiger partial charge is 0.312 e. The molecule has 133 valence electrons. The fraction of sp³-hybridized carbons (Fsp3) is 0.952. The molecule has 0 saturated heterocycles. The molecule has 0 heterocycles. The van der Waals surface area contributed by atoms with Crippen LogP contribution in [0.2, 0.25) is 0 Å². The average molecular weight is 311 g/mol. The highest BCUT2D eigenvalue weighted by atomic mass is 14.9. The number of nitrogens with one attached hydrogen (secondary N) is 1. The highest BCUT2D eigenvalue weighted by Gasteiger charge is 2.14. The molecule has 1 radical (unpaired) electrons. The molecule has 0 fully saturated rings. The van der Waals surface area contributed by atoms with Crippen molar-refractivity contribution in [3.63, 3.8) is 0 Å². The highest BCUT2D eigenvalue weighted by molar-refractivity contribution is 4.77. The summed E-state index contributed by atoms with van der Waals surface area (Å²) in [5.41, 5.74) is 0.277. The fourth-order valence-electron chi connectivity index (χ4n) is 3.19. The summed E-state index contributed by atoms with van der Waals surface area (Å²) in [5.74, 6) is 0. The summed E-state index contributed by atoms with van der Waals surface area (Å²) < 4.78 is 0. The van der Waals surface area contributed by atoms with Crippen LogP contribution in [0.3, 0.4) is 0 Å². The van der Waals surface area contributed by atoms with Gasteiger partial charge in [-0.1, -0.05) is 96.8 Å². The minimum Gasteiger partial charge on any atom is -0.312 e. The summed E-state index contributed by atoms with van der Waals surface area (Å²) in [6.07, 6.45) is 21.4. The molecule has 0 amide bonds. The van der Waals surface area contributed by atoms with Crippen molar-refractivity contribution in [1.82, 2.24) is 5.32 Å². The van der Waals surface area contributed by atoms with Gasteiger partial charge in [0.05, 0.1) is 0 Å². The standard InChI is InChI=1S/C21H44N/c1-5-7-8-9-10-11-12-13-14-15-16-17-18-19-20-21(3,4)22-6-2/h22H,2,5-20H2,1,3-4H3. The highest BCUT2D eigenvalue weighted by Crippen LogP contribution is 2.16. The quantitative estimate of drug-likeness (QED) is 0.283. The Morgan fingerprint density at radius 2 is 1.00 bits per heavy atom. The third-order valence-electron chi connectivity index (χ3n) is 4.76. The molecule has 1 nitrogen and oxygen atoms in total. The van der Waals surface area contributed by atoms with E-state index in [1.165, 1.54) is 96.3 Å². The Bertz CT molecular complexity index is 210. The lowest BCUT2D eigenvalue weighted by atomic mass is 9.96. The molecule has 0 saturated carbocycles. The van der Waals surface area contributed by atoms with Gasteiger partial charge in [0.2, 0.25) is 0 Å². The molecule has 0 unspecified atom stereocenters. The van der Waals surface area contributed by atoms with Crippen molar-refractivity contribution < 1.29 is 0 Å². The fourth-order valence-corrected chi connectivity index (χ4v) is 3.19. The molecular weight excluding hydrogens is 266 g/mol. The Balaban J connectivity index is 3.11. The summed E-state index contributed by atoms with van der Waals surface area (Å²) in [6, 6.07) is 0. The van der Waals surface area contributed by atoms with E-state index in [1.54, 1.807) is 0 Å². The maximum Gasteiger partial charge on any atom is 0.0125 e. The summed E-state index contributed by atoms with van der Waals surface area (Å²) in [4.78, 5) is 0. The predicted molar refractivity (Wildman–Crippen MR) is 102 cm³/mol. The SMILES string of the molecule is [CH2]CNC(C)(C)CCCCCCCCCCCCCCCC. The number of rotatable bonds is 17. The molecule has 0 aliphatic rings. The smallest absolute Gasteiger partial charge is 0.0125 e. The minimum atomic E-state index is 0.277. The number of hydrogen-bond acceptors (Lipinski definition) is 1. The van der Waals surface area contributed by atoms with Crippen LogP contribution in [-0.4, -0.2) is 12.1 Å². The van der Waals surface area contributed by atoms with Gasteiger partial charge in [-0.2, -0.15) is 0 Å². The molecule has 0 bridgehead atoms. The van der Waals surface area contributed by atoms with Crippen LogP contribution in [0.15, 0.2) is 0 Å². The normalized spacial score (nSPS) is 12.0. The Labute approximate surface area is 142 Å². The molecular formula is C21H44N. The van der Waals surface area contributed by atoms with Gasteiger partial charge >= 0.3 is 0 Å². The minimum absolute atomic E-state index is 0.277. The molecule has 1 heteroatoms. The summed E-state index contributed by atoms with van der Waals surface area (Å²) >= 11 is 0. The first-order valence-corrected chi connectivity index (χ1v) is 10.2. The van der Waals surface area contributed by atoms with Crippen LogP contribution in [0.5, 0.6) is 0 Å². The zero-order valence-corrected chi connectivity index (χ0v) is 16.0. The molecule has 0 aromatic rings.